The second-order valence-electron chi connectivity index (χ2n) is 5.16. The van der Waals surface area contributed by atoms with Crippen molar-refractivity contribution >= 4 is 23.5 Å². The van der Waals surface area contributed by atoms with Crippen molar-refractivity contribution in [1.82, 2.24) is 0 Å². The van der Waals surface area contributed by atoms with E-state index in [9.17, 15) is 19.5 Å². The van der Waals surface area contributed by atoms with Crippen LogP contribution in [0.3, 0.4) is 0 Å². The predicted molar refractivity (Wildman–Crippen MR) is 85.1 cm³/mol. The molecule has 114 valence electrons. The normalized spacial score (nSPS) is 10.7. The maximum absolute atomic E-state index is 12.8. The van der Waals surface area contributed by atoms with Crippen LogP contribution in [0, 0.1) is 6.92 Å². The molecule has 1 N–H and O–H groups in total. The van der Waals surface area contributed by atoms with Gasteiger partial charge in [0.2, 0.25) is 5.43 Å². The summed E-state index contributed by atoms with van der Waals surface area (Å²) in [6.45, 7) is 1.74. The molecule has 0 fully saturated rings. The molecule has 0 saturated carbocycles. The molecule has 5 heteroatoms. The molecule has 0 aliphatic carbocycles. The van der Waals surface area contributed by atoms with Crippen LogP contribution in [0.5, 0.6) is 5.75 Å². The molecule has 23 heavy (non-hydrogen) atoms. The third-order valence-electron chi connectivity index (χ3n) is 3.78. The Hall–Kier alpha value is -3.21. The molecular formula is C18H12O5. The lowest BCUT2D eigenvalue weighted by Crippen LogP contribution is -2.08. The van der Waals surface area contributed by atoms with E-state index in [1.165, 1.54) is 24.5 Å². The quantitative estimate of drug-likeness (QED) is 0.751. The van der Waals surface area contributed by atoms with Crippen LogP contribution >= 0.6 is 0 Å². The molecule has 0 atom stereocenters. The lowest BCUT2D eigenvalue weighted by atomic mass is 9.99. The van der Waals surface area contributed by atoms with E-state index in [0.717, 1.165) is 0 Å². The minimum atomic E-state index is -0.361. The van der Waals surface area contributed by atoms with E-state index < -0.39 is 0 Å². The summed E-state index contributed by atoms with van der Waals surface area (Å²) >= 11 is 0. The largest absolute Gasteiger partial charge is 0.507 e. The van der Waals surface area contributed by atoms with Crippen molar-refractivity contribution < 1.29 is 19.1 Å². The number of carbonyl (C=O) groups excluding carboxylic acids is 2. The molecule has 3 rings (SSSR count). The van der Waals surface area contributed by atoms with Crippen LogP contribution in [-0.2, 0) is 0 Å². The van der Waals surface area contributed by atoms with E-state index in [1.807, 2.05) is 0 Å². The Morgan fingerprint density at radius 3 is 2.57 bits per heavy atom. The van der Waals surface area contributed by atoms with Gasteiger partial charge in [-0.2, -0.15) is 0 Å². The van der Waals surface area contributed by atoms with Crippen molar-refractivity contribution in [2.45, 2.75) is 6.92 Å². The first kappa shape index (κ1) is 14.7. The molecule has 0 spiro atoms. The zero-order valence-corrected chi connectivity index (χ0v) is 12.2. The fourth-order valence-corrected chi connectivity index (χ4v) is 2.51. The summed E-state index contributed by atoms with van der Waals surface area (Å²) < 4.78 is 5.47. The van der Waals surface area contributed by atoms with E-state index in [1.54, 1.807) is 19.1 Å². The van der Waals surface area contributed by atoms with Crippen LogP contribution in [0.15, 0.2) is 45.8 Å². The highest BCUT2D eigenvalue weighted by atomic mass is 16.3. The zero-order chi connectivity index (χ0) is 16.6. The van der Waals surface area contributed by atoms with Crippen LogP contribution in [0.1, 0.15) is 26.3 Å². The van der Waals surface area contributed by atoms with E-state index in [-0.39, 0.29) is 33.3 Å². The molecule has 2 aromatic carbocycles. The third-order valence-corrected chi connectivity index (χ3v) is 3.78. The summed E-state index contributed by atoms with van der Waals surface area (Å²) in [5.41, 5.74) is 1.64. The lowest BCUT2D eigenvalue weighted by molar-refractivity contribution is 0.111. The van der Waals surface area contributed by atoms with Gasteiger partial charge >= 0.3 is 0 Å². The van der Waals surface area contributed by atoms with Crippen molar-refractivity contribution in [2.75, 3.05) is 0 Å². The summed E-state index contributed by atoms with van der Waals surface area (Å²) in [7, 11) is 0. The monoisotopic (exact) mass is 308 g/mol. The number of benzene rings is 2. The fraction of sp³-hybridized carbons (Fsp3) is 0.0556. The molecule has 3 aromatic rings. The van der Waals surface area contributed by atoms with Crippen molar-refractivity contribution in [1.29, 1.82) is 0 Å². The van der Waals surface area contributed by atoms with Crippen LogP contribution < -0.4 is 5.43 Å². The number of phenols is 1. The number of hydrogen-bond acceptors (Lipinski definition) is 5. The summed E-state index contributed by atoms with van der Waals surface area (Å²) in [5.74, 6) is -0.168. The minimum absolute atomic E-state index is 0.0712. The smallest absolute Gasteiger partial charge is 0.201 e. The summed E-state index contributed by atoms with van der Waals surface area (Å²) in [6.07, 6.45) is 2.42. The van der Waals surface area contributed by atoms with Gasteiger partial charge in [0.15, 0.2) is 12.6 Å². The van der Waals surface area contributed by atoms with E-state index in [0.29, 0.717) is 29.3 Å². The van der Waals surface area contributed by atoms with Crippen LogP contribution in [0.2, 0.25) is 0 Å². The average Bonchev–Trinajstić information content (AvgIpc) is 2.56. The number of phenolic OH excluding ortho intramolecular Hbond substituents is 1. The molecule has 0 saturated heterocycles. The average molecular weight is 308 g/mol. The van der Waals surface area contributed by atoms with Gasteiger partial charge in [-0.15, -0.1) is 0 Å². The Morgan fingerprint density at radius 1 is 1.09 bits per heavy atom. The first-order chi connectivity index (χ1) is 11.1. The van der Waals surface area contributed by atoms with Gasteiger partial charge in [0.25, 0.3) is 0 Å². The third kappa shape index (κ3) is 2.32. The van der Waals surface area contributed by atoms with Gasteiger partial charge in [-0.25, -0.2) is 0 Å². The van der Waals surface area contributed by atoms with Crippen molar-refractivity contribution in [3.63, 3.8) is 0 Å². The number of fused-ring (bicyclic) bond motifs is 1. The molecule has 0 radical (unpaired) electrons. The topological polar surface area (TPSA) is 84.6 Å². The van der Waals surface area contributed by atoms with Gasteiger partial charge in [0.05, 0.1) is 16.5 Å². The Labute approximate surface area is 130 Å². The van der Waals surface area contributed by atoms with Gasteiger partial charge in [-0.1, -0.05) is 12.1 Å². The Morgan fingerprint density at radius 2 is 1.87 bits per heavy atom. The van der Waals surface area contributed by atoms with Crippen molar-refractivity contribution in [2.24, 2.45) is 0 Å². The van der Waals surface area contributed by atoms with Gasteiger partial charge in [0.1, 0.15) is 17.6 Å². The maximum Gasteiger partial charge on any atom is 0.201 e. The Bertz CT molecular complexity index is 998. The highest BCUT2D eigenvalue weighted by molar-refractivity contribution is 5.98. The SMILES string of the molecule is Cc1ccc2occ(-c3ccc(O)c(C=O)c3)c(=O)c2c1C=O. The Balaban J connectivity index is 2.36. The number of aromatic hydroxyl groups is 1. The van der Waals surface area contributed by atoms with Gasteiger partial charge in [0, 0.05) is 5.56 Å². The molecule has 0 unspecified atom stereocenters. The van der Waals surface area contributed by atoms with Crippen LogP contribution in [0.4, 0.5) is 0 Å². The van der Waals surface area contributed by atoms with E-state index in [4.69, 9.17) is 4.42 Å². The summed E-state index contributed by atoms with van der Waals surface area (Å²) in [5, 5.41) is 9.77. The number of aldehydes is 2. The summed E-state index contributed by atoms with van der Waals surface area (Å²) in [4.78, 5) is 35.0. The van der Waals surface area contributed by atoms with Crippen LogP contribution in [-0.4, -0.2) is 17.7 Å². The fourth-order valence-electron chi connectivity index (χ4n) is 2.51. The van der Waals surface area contributed by atoms with Crippen molar-refractivity contribution in [3.05, 3.63) is 63.5 Å². The second kappa shape index (κ2) is 5.53. The minimum Gasteiger partial charge on any atom is -0.507 e. The zero-order valence-electron chi connectivity index (χ0n) is 12.2. The van der Waals surface area contributed by atoms with Gasteiger partial charge in [-0.05, 0) is 36.2 Å². The molecule has 0 bridgehead atoms. The van der Waals surface area contributed by atoms with Crippen molar-refractivity contribution in [3.8, 4) is 16.9 Å². The molecule has 1 heterocycles. The molecule has 1 aromatic heterocycles. The number of aryl methyl sites for hydroxylation is 1. The summed E-state index contributed by atoms with van der Waals surface area (Å²) in [6, 6.07) is 7.59. The molecule has 5 nitrogen and oxygen atoms in total. The van der Waals surface area contributed by atoms with Crippen LogP contribution in [0.25, 0.3) is 22.1 Å². The molecular weight excluding hydrogens is 296 g/mol. The predicted octanol–water partition coefficient (Wildman–Crippen LogP) is 3.10. The molecule has 0 aliphatic heterocycles. The van der Waals surface area contributed by atoms with Gasteiger partial charge < -0.3 is 9.52 Å². The number of hydrogen-bond donors (Lipinski definition) is 1. The second-order valence-corrected chi connectivity index (χ2v) is 5.16. The molecule has 0 amide bonds. The number of rotatable bonds is 3. The first-order valence-corrected chi connectivity index (χ1v) is 6.85. The standard InChI is InChI=1S/C18H12O5/c1-10-2-5-16-17(13(10)8-20)18(22)14(9-23-16)11-3-4-15(21)12(6-11)7-19/h2-9,21H,1H3. The highest BCUT2D eigenvalue weighted by Gasteiger charge is 2.15. The number of carbonyl (C=O) groups is 2. The maximum atomic E-state index is 12.8. The highest BCUT2D eigenvalue weighted by Crippen LogP contribution is 2.26. The van der Waals surface area contributed by atoms with Gasteiger partial charge in [-0.3, -0.25) is 14.4 Å². The lowest BCUT2D eigenvalue weighted by Gasteiger charge is -2.07. The Kier molecular flexibility index (Phi) is 3.54. The van der Waals surface area contributed by atoms with E-state index >= 15 is 0 Å². The molecule has 0 aliphatic rings. The van der Waals surface area contributed by atoms with E-state index in [2.05, 4.69) is 0 Å². The first-order valence-electron chi connectivity index (χ1n) is 6.85.